The molecule has 31 heavy (non-hydrogen) atoms. The fourth-order valence-electron chi connectivity index (χ4n) is 6.13. The second-order valence-corrected chi connectivity index (χ2v) is 9.85. The number of aromatic nitrogens is 2. The third kappa shape index (κ3) is 3.15. The van der Waals surface area contributed by atoms with Crippen LogP contribution >= 0.6 is 0 Å². The summed E-state index contributed by atoms with van der Waals surface area (Å²) >= 11 is 0. The van der Waals surface area contributed by atoms with Crippen LogP contribution in [-0.4, -0.2) is 51.7 Å². The minimum absolute atomic E-state index is 0.00474. The number of nitrogens with two attached hydrogens (primary N) is 1. The Hall–Kier alpha value is -1.87. The van der Waals surface area contributed by atoms with Crippen LogP contribution < -0.4 is 27.6 Å². The molecule has 0 aromatic carbocycles. The first-order valence-corrected chi connectivity index (χ1v) is 11.2. The van der Waals surface area contributed by atoms with Crippen molar-refractivity contribution in [2.75, 3.05) is 13.1 Å². The van der Waals surface area contributed by atoms with E-state index < -0.39 is 41.3 Å². The van der Waals surface area contributed by atoms with Crippen molar-refractivity contribution in [3.05, 3.63) is 31.4 Å². The minimum Gasteiger partial charge on any atom is -0.322 e. The molecule has 3 N–H and O–H groups in total. The quantitative estimate of drug-likeness (QED) is 0.710. The number of H-pyrrole nitrogens is 1. The standard InChI is InChI=1S/C22H29F3N4O2/c1-10-15-17(29(13-5-6-13)21(31)27-20(15)30)11(2)18(16(10)23)28-8-12-4-3-7-22(24,25)19(26)14(12)9-28/h12-14,16,18-19H,3-9,26H2,1-2H3,(H,27,30,31). The van der Waals surface area contributed by atoms with Crippen LogP contribution in [0.15, 0.2) is 9.59 Å². The van der Waals surface area contributed by atoms with Crippen LogP contribution in [0.3, 0.4) is 0 Å². The summed E-state index contributed by atoms with van der Waals surface area (Å²) in [6.07, 6.45) is 1.10. The van der Waals surface area contributed by atoms with Gasteiger partial charge in [0.15, 0.2) is 0 Å². The van der Waals surface area contributed by atoms with Crippen LogP contribution in [0.4, 0.5) is 13.2 Å². The van der Waals surface area contributed by atoms with E-state index in [2.05, 4.69) is 4.98 Å². The average Bonchev–Trinajstić information content (AvgIpc) is 3.46. The largest absolute Gasteiger partial charge is 0.329 e. The van der Waals surface area contributed by atoms with Crippen molar-refractivity contribution < 1.29 is 13.2 Å². The van der Waals surface area contributed by atoms with E-state index in [1.165, 1.54) is 0 Å². The monoisotopic (exact) mass is 438 g/mol. The summed E-state index contributed by atoms with van der Waals surface area (Å²) in [5.41, 5.74) is 5.88. The number of halogens is 3. The molecule has 4 aliphatic rings. The number of nitrogens with zero attached hydrogens (tertiary/aromatic N) is 2. The van der Waals surface area contributed by atoms with Crippen LogP contribution in [0.2, 0.25) is 0 Å². The van der Waals surface area contributed by atoms with Crippen LogP contribution in [0, 0.1) is 11.8 Å². The Labute approximate surface area is 177 Å². The van der Waals surface area contributed by atoms with Gasteiger partial charge in [0.1, 0.15) is 6.17 Å². The highest BCUT2D eigenvalue weighted by Gasteiger charge is 2.51. The number of hydrogen-bond donors (Lipinski definition) is 2. The molecule has 1 aliphatic heterocycles. The summed E-state index contributed by atoms with van der Waals surface area (Å²) in [5.74, 6) is -3.32. The summed E-state index contributed by atoms with van der Waals surface area (Å²) in [7, 11) is 0. The molecule has 0 radical (unpaired) electrons. The molecule has 3 aliphatic carbocycles. The lowest BCUT2D eigenvalue weighted by atomic mass is 9.87. The topological polar surface area (TPSA) is 84.1 Å². The van der Waals surface area contributed by atoms with Crippen LogP contribution in [-0.2, 0) is 0 Å². The van der Waals surface area contributed by atoms with E-state index in [0.717, 1.165) is 12.8 Å². The van der Waals surface area contributed by atoms with Crippen molar-refractivity contribution in [1.82, 2.24) is 14.5 Å². The number of likely N-dealkylation sites (tertiary alicyclic amines) is 1. The minimum atomic E-state index is -2.91. The zero-order valence-corrected chi connectivity index (χ0v) is 17.8. The van der Waals surface area contributed by atoms with Gasteiger partial charge in [0.2, 0.25) is 0 Å². The normalized spacial score (nSPS) is 35.6. The predicted molar refractivity (Wildman–Crippen MR) is 111 cm³/mol. The highest BCUT2D eigenvalue weighted by atomic mass is 19.3. The van der Waals surface area contributed by atoms with Gasteiger partial charge in [0, 0.05) is 25.6 Å². The summed E-state index contributed by atoms with van der Waals surface area (Å²) < 4.78 is 46.2. The lowest BCUT2D eigenvalue weighted by molar-refractivity contribution is -0.0456. The van der Waals surface area contributed by atoms with Crippen molar-refractivity contribution in [3.63, 3.8) is 0 Å². The van der Waals surface area contributed by atoms with Crippen molar-refractivity contribution in [2.24, 2.45) is 17.6 Å². The number of aromatic amines is 1. The molecule has 1 saturated heterocycles. The molecule has 1 aromatic rings. The van der Waals surface area contributed by atoms with Gasteiger partial charge in [-0.2, -0.15) is 0 Å². The van der Waals surface area contributed by atoms with E-state index in [1.807, 2.05) is 4.90 Å². The summed E-state index contributed by atoms with van der Waals surface area (Å²) in [6.45, 7) is 4.15. The Morgan fingerprint density at radius 1 is 1.10 bits per heavy atom. The molecule has 170 valence electrons. The van der Waals surface area contributed by atoms with E-state index in [9.17, 15) is 18.4 Å². The number of rotatable bonds is 2. The van der Waals surface area contributed by atoms with E-state index in [0.29, 0.717) is 42.4 Å². The Kier molecular flexibility index (Phi) is 4.79. The molecule has 0 spiro atoms. The van der Waals surface area contributed by atoms with Gasteiger partial charge in [-0.15, -0.1) is 0 Å². The third-order valence-electron chi connectivity index (χ3n) is 7.91. The zero-order chi connectivity index (χ0) is 22.2. The smallest absolute Gasteiger partial charge is 0.322 e. The van der Waals surface area contributed by atoms with Crippen molar-refractivity contribution in [3.8, 4) is 0 Å². The van der Waals surface area contributed by atoms with Crippen LogP contribution in [0.5, 0.6) is 0 Å². The maximum atomic E-state index is 15.7. The molecule has 3 fully saturated rings. The van der Waals surface area contributed by atoms with E-state index in [-0.39, 0.29) is 23.6 Å². The zero-order valence-electron chi connectivity index (χ0n) is 17.8. The maximum Gasteiger partial charge on any atom is 0.329 e. The first kappa shape index (κ1) is 21.0. The van der Waals surface area contributed by atoms with Gasteiger partial charge >= 0.3 is 5.69 Å². The number of alkyl halides is 3. The lowest BCUT2D eigenvalue weighted by Crippen LogP contribution is -2.61. The van der Waals surface area contributed by atoms with Gasteiger partial charge in [-0.3, -0.25) is 19.2 Å². The number of nitrogens with one attached hydrogen (secondary N) is 1. The number of fused-ring (bicyclic) bond motifs is 2. The molecular weight excluding hydrogens is 409 g/mol. The highest BCUT2D eigenvalue weighted by molar-refractivity contribution is 5.62. The molecule has 1 aromatic heterocycles. The van der Waals surface area contributed by atoms with Gasteiger partial charge in [-0.1, -0.05) is 0 Å². The number of hydrogen-bond acceptors (Lipinski definition) is 4. The Morgan fingerprint density at radius 2 is 1.81 bits per heavy atom. The van der Waals surface area contributed by atoms with Gasteiger partial charge in [-0.25, -0.2) is 18.0 Å². The van der Waals surface area contributed by atoms with Crippen LogP contribution in [0.1, 0.15) is 52.0 Å². The van der Waals surface area contributed by atoms with Crippen molar-refractivity contribution in [1.29, 1.82) is 0 Å². The van der Waals surface area contributed by atoms with E-state index in [1.54, 1.807) is 18.4 Å². The average molecular weight is 438 g/mol. The summed E-state index contributed by atoms with van der Waals surface area (Å²) in [5, 5.41) is 0.749. The highest BCUT2D eigenvalue weighted by Crippen LogP contribution is 2.43. The fraction of sp³-hybridized carbons (Fsp3) is 0.727. The first-order chi connectivity index (χ1) is 14.6. The molecule has 5 atom stereocenters. The van der Waals surface area contributed by atoms with Crippen molar-refractivity contribution in [2.45, 2.75) is 76.2 Å². The van der Waals surface area contributed by atoms with E-state index >= 15 is 4.39 Å². The summed E-state index contributed by atoms with van der Waals surface area (Å²) in [4.78, 5) is 29.4. The van der Waals surface area contributed by atoms with Crippen LogP contribution in [0.25, 0.3) is 11.1 Å². The molecule has 2 heterocycles. The lowest BCUT2D eigenvalue weighted by Gasteiger charge is -2.35. The van der Waals surface area contributed by atoms with Gasteiger partial charge in [0.05, 0.1) is 22.7 Å². The SMILES string of the molecule is CC1=c2c(=O)[nH]c(=O)n(C3CC3)c2=C(C)C(N2CC3CCCC(F)(F)C(N)C3C2)C1F. The molecule has 5 rings (SSSR count). The molecule has 9 heteroatoms. The second-order valence-electron chi connectivity index (χ2n) is 9.85. The first-order valence-electron chi connectivity index (χ1n) is 11.2. The Balaban J connectivity index is 1.62. The molecule has 5 unspecified atom stereocenters. The van der Waals surface area contributed by atoms with Gasteiger partial charge in [-0.05, 0) is 62.5 Å². The molecule has 2 saturated carbocycles. The molecule has 0 bridgehead atoms. The maximum absolute atomic E-state index is 15.7. The van der Waals surface area contributed by atoms with Crippen molar-refractivity contribution >= 4 is 11.1 Å². The van der Waals surface area contributed by atoms with Gasteiger partial charge in [0.25, 0.3) is 11.5 Å². The third-order valence-corrected chi connectivity index (χ3v) is 7.91. The summed E-state index contributed by atoms with van der Waals surface area (Å²) in [6, 6.07) is -1.92. The second kappa shape index (κ2) is 7.07. The Bertz CT molecular complexity index is 1150. The van der Waals surface area contributed by atoms with Gasteiger partial charge < -0.3 is 5.73 Å². The molecule has 6 nitrogen and oxygen atoms in total. The van der Waals surface area contributed by atoms with E-state index in [4.69, 9.17) is 5.73 Å². The molecule has 0 amide bonds. The molecular formula is C22H29F3N4O2. The Morgan fingerprint density at radius 3 is 2.48 bits per heavy atom. The predicted octanol–water partition coefficient (Wildman–Crippen LogP) is 0.628. The fourth-order valence-corrected chi connectivity index (χ4v) is 6.13.